The van der Waals surface area contributed by atoms with Crippen LogP contribution in [0.25, 0.3) is 0 Å². The van der Waals surface area contributed by atoms with Crippen LogP contribution in [-0.2, 0) is 12.8 Å². The van der Waals surface area contributed by atoms with Crippen molar-refractivity contribution in [2.45, 2.75) is 19.8 Å². The summed E-state index contributed by atoms with van der Waals surface area (Å²) in [7, 11) is 0. The molecule has 19 heavy (non-hydrogen) atoms. The van der Waals surface area contributed by atoms with E-state index in [0.29, 0.717) is 11.5 Å². The van der Waals surface area contributed by atoms with Gasteiger partial charge in [0.1, 0.15) is 11.6 Å². The molecule has 0 aliphatic heterocycles. The monoisotopic (exact) mass is 275 g/mol. The van der Waals surface area contributed by atoms with Gasteiger partial charge in [-0.1, -0.05) is 19.1 Å². The topological polar surface area (TPSA) is 72.0 Å². The molecule has 0 amide bonds. The second-order valence-corrected chi connectivity index (χ2v) is 5.25. The maximum Gasteiger partial charge on any atom is 0.134 e. The van der Waals surface area contributed by atoms with Gasteiger partial charge in [-0.3, -0.25) is 5.41 Å². The summed E-state index contributed by atoms with van der Waals surface area (Å²) in [6, 6.07) is 8.11. The molecule has 0 aliphatic carbocycles. The predicted molar refractivity (Wildman–Crippen MR) is 78.1 cm³/mol. The molecule has 0 unspecified atom stereocenters. The van der Waals surface area contributed by atoms with Crippen molar-refractivity contribution in [2.24, 2.45) is 5.73 Å². The summed E-state index contributed by atoms with van der Waals surface area (Å²) in [5.41, 5.74) is 6.67. The number of nitrogen functional groups attached to an aromatic ring is 1. The van der Waals surface area contributed by atoms with Crippen molar-refractivity contribution in [3.8, 4) is 5.75 Å². The number of hydrogen-bond donors (Lipinski definition) is 2. The highest BCUT2D eigenvalue weighted by Gasteiger charge is 2.04. The minimum absolute atomic E-state index is 0.0697. The number of nitrogens with one attached hydrogen (secondary N) is 1. The summed E-state index contributed by atoms with van der Waals surface area (Å²) in [5, 5.41) is 8.26. The van der Waals surface area contributed by atoms with Gasteiger partial charge in [0, 0.05) is 12.6 Å². The fraction of sp³-hybridized carbons (Fsp3) is 0.286. The van der Waals surface area contributed by atoms with E-state index in [2.05, 4.69) is 24.0 Å². The van der Waals surface area contributed by atoms with Gasteiger partial charge in [0.05, 0.1) is 16.5 Å². The minimum Gasteiger partial charge on any atom is -0.493 e. The highest BCUT2D eigenvalue weighted by Crippen LogP contribution is 2.16. The lowest BCUT2D eigenvalue weighted by molar-refractivity contribution is 0.321. The molecule has 5 heteroatoms. The molecule has 0 bridgehead atoms. The van der Waals surface area contributed by atoms with E-state index < -0.39 is 0 Å². The van der Waals surface area contributed by atoms with Gasteiger partial charge < -0.3 is 10.5 Å². The molecule has 1 aromatic carbocycles. The van der Waals surface area contributed by atoms with Gasteiger partial charge in [0.15, 0.2) is 0 Å². The Morgan fingerprint density at radius 2 is 2.32 bits per heavy atom. The largest absolute Gasteiger partial charge is 0.493 e. The van der Waals surface area contributed by atoms with Gasteiger partial charge in [0.2, 0.25) is 0 Å². The number of thiazole rings is 1. The van der Waals surface area contributed by atoms with Crippen LogP contribution < -0.4 is 10.5 Å². The lowest BCUT2D eigenvalue weighted by Gasteiger charge is -2.06. The third-order valence-corrected chi connectivity index (χ3v) is 3.80. The van der Waals surface area contributed by atoms with Crippen LogP contribution in [0, 0.1) is 5.41 Å². The summed E-state index contributed by atoms with van der Waals surface area (Å²) in [6.07, 6.45) is 3.37. The minimum atomic E-state index is 0.0697. The summed E-state index contributed by atoms with van der Waals surface area (Å²) in [4.78, 5) is 4.93. The van der Waals surface area contributed by atoms with Crippen LogP contribution in [0.1, 0.15) is 22.4 Å². The number of ether oxygens (including phenoxy) is 1. The average Bonchev–Trinajstić information content (AvgIpc) is 2.88. The number of nitrogens with zero attached hydrogens (tertiary/aromatic N) is 1. The number of nitrogens with two attached hydrogens (primary N) is 1. The summed E-state index contributed by atoms with van der Waals surface area (Å²) in [6.45, 7) is 2.70. The number of hydrogen-bond acceptors (Lipinski definition) is 4. The van der Waals surface area contributed by atoms with Gasteiger partial charge in [-0.2, -0.15) is 0 Å². The zero-order valence-electron chi connectivity index (χ0n) is 10.8. The second-order valence-electron chi connectivity index (χ2n) is 4.13. The van der Waals surface area contributed by atoms with Crippen LogP contribution >= 0.6 is 11.3 Å². The molecule has 100 valence electrons. The van der Waals surface area contributed by atoms with E-state index in [0.717, 1.165) is 23.6 Å². The van der Waals surface area contributed by atoms with E-state index in [9.17, 15) is 0 Å². The van der Waals surface area contributed by atoms with Crippen LogP contribution in [0.5, 0.6) is 5.75 Å². The molecule has 4 nitrogen and oxygen atoms in total. The van der Waals surface area contributed by atoms with Crippen molar-refractivity contribution in [1.82, 2.24) is 4.98 Å². The first-order chi connectivity index (χ1) is 9.19. The van der Waals surface area contributed by atoms with Crippen molar-refractivity contribution in [3.63, 3.8) is 0 Å². The number of amidine groups is 1. The van der Waals surface area contributed by atoms with Crippen LogP contribution in [0.15, 0.2) is 30.5 Å². The lowest BCUT2D eigenvalue weighted by Crippen LogP contribution is -2.08. The third-order valence-electron chi connectivity index (χ3n) is 2.71. The third kappa shape index (κ3) is 3.79. The Morgan fingerprint density at radius 3 is 3.00 bits per heavy atom. The Labute approximate surface area is 116 Å². The standard InChI is InChI=1S/C14H17N3OS/c1-2-10-4-3-5-11(8-10)18-7-6-13-17-9-12(19-13)14(15)16/h3-5,8-9H,2,6-7H2,1H3,(H3,15,16). The van der Waals surface area contributed by atoms with Crippen LogP contribution in [0.3, 0.4) is 0 Å². The molecule has 2 rings (SSSR count). The van der Waals surface area contributed by atoms with Crippen molar-refractivity contribution in [2.75, 3.05) is 6.61 Å². The van der Waals surface area contributed by atoms with Crippen molar-refractivity contribution in [3.05, 3.63) is 45.9 Å². The number of aryl methyl sites for hydroxylation is 1. The fourth-order valence-corrected chi connectivity index (χ4v) is 2.42. The Balaban J connectivity index is 1.86. The predicted octanol–water partition coefficient (Wildman–Crippen LogP) is 2.61. The SMILES string of the molecule is CCc1cccc(OCCc2ncc(C(=N)N)s2)c1. The maximum absolute atomic E-state index is 7.32. The zero-order chi connectivity index (χ0) is 13.7. The van der Waals surface area contributed by atoms with Crippen molar-refractivity contribution < 1.29 is 4.74 Å². The molecule has 1 heterocycles. The summed E-state index contributed by atoms with van der Waals surface area (Å²) < 4.78 is 5.70. The number of aromatic nitrogens is 1. The molecular weight excluding hydrogens is 258 g/mol. The molecule has 0 spiro atoms. The molecule has 3 N–H and O–H groups in total. The molecule has 0 fully saturated rings. The van der Waals surface area contributed by atoms with E-state index in [1.807, 2.05) is 12.1 Å². The molecular formula is C14H17N3OS. The quantitative estimate of drug-likeness (QED) is 0.628. The number of rotatable bonds is 6. The summed E-state index contributed by atoms with van der Waals surface area (Å²) in [5.74, 6) is 0.961. The Bertz CT molecular complexity index is 565. The van der Waals surface area contributed by atoms with Gasteiger partial charge in [-0.25, -0.2) is 4.98 Å². The van der Waals surface area contributed by atoms with Gasteiger partial charge in [-0.15, -0.1) is 11.3 Å². The molecule has 0 radical (unpaired) electrons. The van der Waals surface area contributed by atoms with Crippen LogP contribution in [0.4, 0.5) is 0 Å². The highest BCUT2D eigenvalue weighted by molar-refractivity contribution is 7.13. The average molecular weight is 275 g/mol. The molecule has 0 atom stereocenters. The first-order valence-electron chi connectivity index (χ1n) is 6.20. The van der Waals surface area contributed by atoms with Crippen LogP contribution in [0.2, 0.25) is 0 Å². The molecule has 0 saturated carbocycles. The molecule has 2 aromatic rings. The van der Waals surface area contributed by atoms with Gasteiger partial charge >= 0.3 is 0 Å². The van der Waals surface area contributed by atoms with Crippen molar-refractivity contribution >= 4 is 17.2 Å². The normalized spacial score (nSPS) is 10.4. The lowest BCUT2D eigenvalue weighted by atomic mass is 10.2. The van der Waals surface area contributed by atoms with Gasteiger partial charge in [0.25, 0.3) is 0 Å². The van der Waals surface area contributed by atoms with Crippen molar-refractivity contribution in [1.29, 1.82) is 5.41 Å². The first kappa shape index (κ1) is 13.5. The second kappa shape index (κ2) is 6.33. The first-order valence-corrected chi connectivity index (χ1v) is 7.01. The fourth-order valence-electron chi connectivity index (χ4n) is 1.66. The Morgan fingerprint density at radius 1 is 1.47 bits per heavy atom. The van der Waals surface area contributed by atoms with E-state index in [-0.39, 0.29) is 5.84 Å². The van der Waals surface area contributed by atoms with Crippen LogP contribution in [-0.4, -0.2) is 17.4 Å². The Hall–Kier alpha value is -1.88. The number of benzene rings is 1. The Kier molecular flexibility index (Phi) is 4.52. The van der Waals surface area contributed by atoms with E-state index >= 15 is 0 Å². The van der Waals surface area contributed by atoms with E-state index in [4.69, 9.17) is 15.9 Å². The molecule has 0 aliphatic rings. The molecule has 1 aromatic heterocycles. The maximum atomic E-state index is 7.32. The van der Waals surface area contributed by atoms with E-state index in [1.54, 1.807) is 6.20 Å². The zero-order valence-corrected chi connectivity index (χ0v) is 11.7. The summed E-state index contributed by atoms with van der Waals surface area (Å²) >= 11 is 1.44. The van der Waals surface area contributed by atoms with E-state index in [1.165, 1.54) is 16.9 Å². The molecule has 0 saturated heterocycles. The highest BCUT2D eigenvalue weighted by atomic mass is 32.1. The van der Waals surface area contributed by atoms with Gasteiger partial charge in [-0.05, 0) is 24.1 Å². The smallest absolute Gasteiger partial charge is 0.134 e.